The number of nitro groups is 1. The van der Waals surface area contributed by atoms with Crippen molar-refractivity contribution >= 4 is 34.1 Å². The molecule has 1 heterocycles. The minimum Gasteiger partial charge on any atom is -0.497 e. The Labute approximate surface area is 154 Å². The highest BCUT2D eigenvalue weighted by atomic mass is 35.5. The van der Waals surface area contributed by atoms with E-state index >= 15 is 0 Å². The molecule has 0 saturated carbocycles. The predicted octanol–water partition coefficient (Wildman–Crippen LogP) is 3.71. The molecule has 134 valence electrons. The van der Waals surface area contributed by atoms with Crippen LogP contribution in [0.4, 0.5) is 5.69 Å². The van der Waals surface area contributed by atoms with E-state index in [9.17, 15) is 14.9 Å². The summed E-state index contributed by atoms with van der Waals surface area (Å²) in [5, 5.41) is 15.0. The summed E-state index contributed by atoms with van der Waals surface area (Å²) < 4.78 is 5.23. The second kappa shape index (κ2) is 7.45. The standard InChI is InChI=1S/C18H16ClN3O4/c1-26-13-3-5-16-15(9-13)11(10-21-16)6-7-20-18(23)14-4-2-12(19)8-17(14)22(24)25/h2-5,8-10,21H,6-7H2,1H3,(H,20,23). The largest absolute Gasteiger partial charge is 0.497 e. The number of aromatic amines is 1. The summed E-state index contributed by atoms with van der Waals surface area (Å²) >= 11 is 5.77. The quantitative estimate of drug-likeness (QED) is 0.508. The molecule has 2 aromatic carbocycles. The third kappa shape index (κ3) is 3.62. The first kappa shape index (κ1) is 17.8. The van der Waals surface area contributed by atoms with E-state index in [1.54, 1.807) is 7.11 Å². The van der Waals surface area contributed by atoms with E-state index in [2.05, 4.69) is 10.3 Å². The number of carbonyl (C=O) groups is 1. The van der Waals surface area contributed by atoms with Crippen LogP contribution >= 0.6 is 11.6 Å². The lowest BCUT2D eigenvalue weighted by molar-refractivity contribution is -0.385. The topological polar surface area (TPSA) is 97.3 Å². The van der Waals surface area contributed by atoms with Crippen molar-refractivity contribution in [3.8, 4) is 5.75 Å². The Morgan fingerprint density at radius 1 is 1.31 bits per heavy atom. The summed E-state index contributed by atoms with van der Waals surface area (Å²) in [5.41, 5.74) is 1.66. The molecule has 3 aromatic rings. The lowest BCUT2D eigenvalue weighted by atomic mass is 10.1. The number of ether oxygens (including phenoxy) is 1. The molecule has 1 aromatic heterocycles. The van der Waals surface area contributed by atoms with Gasteiger partial charge in [-0.3, -0.25) is 14.9 Å². The molecule has 2 N–H and O–H groups in total. The van der Waals surface area contributed by atoms with Crippen LogP contribution in [0.2, 0.25) is 5.02 Å². The van der Waals surface area contributed by atoms with Gasteiger partial charge >= 0.3 is 0 Å². The van der Waals surface area contributed by atoms with Crippen molar-refractivity contribution in [2.75, 3.05) is 13.7 Å². The lowest BCUT2D eigenvalue weighted by Gasteiger charge is -2.06. The first-order valence-corrected chi connectivity index (χ1v) is 8.23. The number of halogens is 1. The average molecular weight is 374 g/mol. The zero-order valence-electron chi connectivity index (χ0n) is 13.9. The Balaban J connectivity index is 1.71. The molecule has 0 saturated heterocycles. The van der Waals surface area contributed by atoms with E-state index in [0.29, 0.717) is 13.0 Å². The molecule has 26 heavy (non-hydrogen) atoms. The predicted molar refractivity (Wildman–Crippen MR) is 99.0 cm³/mol. The molecular formula is C18H16ClN3O4. The molecule has 0 aliphatic rings. The molecule has 0 aliphatic carbocycles. The Hall–Kier alpha value is -3.06. The maximum Gasteiger partial charge on any atom is 0.283 e. The van der Waals surface area contributed by atoms with Gasteiger partial charge in [-0.25, -0.2) is 0 Å². The van der Waals surface area contributed by atoms with E-state index in [-0.39, 0.29) is 16.3 Å². The van der Waals surface area contributed by atoms with Gasteiger partial charge in [-0.2, -0.15) is 0 Å². The van der Waals surface area contributed by atoms with Crippen LogP contribution in [0, 0.1) is 10.1 Å². The summed E-state index contributed by atoms with van der Waals surface area (Å²) in [6.45, 7) is 0.336. The maximum absolute atomic E-state index is 12.3. The molecule has 1 amide bonds. The van der Waals surface area contributed by atoms with Crippen molar-refractivity contribution in [2.24, 2.45) is 0 Å². The SMILES string of the molecule is COc1ccc2[nH]cc(CCNC(=O)c3ccc(Cl)cc3[N+](=O)[O-])c2c1. The third-order valence-electron chi connectivity index (χ3n) is 4.06. The number of fused-ring (bicyclic) bond motifs is 1. The van der Waals surface area contributed by atoms with Gasteiger partial charge in [0, 0.05) is 34.7 Å². The Kier molecular flexibility index (Phi) is 5.09. The van der Waals surface area contributed by atoms with Crippen LogP contribution in [-0.4, -0.2) is 29.5 Å². The molecule has 3 rings (SSSR count). The van der Waals surface area contributed by atoms with Gasteiger partial charge in [-0.15, -0.1) is 0 Å². The second-order valence-electron chi connectivity index (χ2n) is 5.65. The van der Waals surface area contributed by atoms with Crippen LogP contribution in [-0.2, 0) is 6.42 Å². The fourth-order valence-corrected chi connectivity index (χ4v) is 2.91. The number of amides is 1. The molecule has 0 spiro atoms. The first-order valence-electron chi connectivity index (χ1n) is 7.85. The van der Waals surface area contributed by atoms with Gasteiger partial charge in [0.1, 0.15) is 11.3 Å². The number of hydrogen-bond acceptors (Lipinski definition) is 4. The van der Waals surface area contributed by atoms with Crippen LogP contribution in [0.15, 0.2) is 42.6 Å². The summed E-state index contributed by atoms with van der Waals surface area (Å²) in [4.78, 5) is 25.9. The van der Waals surface area contributed by atoms with Crippen LogP contribution < -0.4 is 10.1 Å². The van der Waals surface area contributed by atoms with Gasteiger partial charge in [0.15, 0.2) is 0 Å². The number of nitrogens with zero attached hydrogens (tertiary/aromatic N) is 1. The number of carbonyl (C=O) groups excluding carboxylic acids is 1. The van der Waals surface area contributed by atoms with Gasteiger partial charge in [0.2, 0.25) is 0 Å². The molecule has 0 radical (unpaired) electrons. The zero-order chi connectivity index (χ0) is 18.7. The smallest absolute Gasteiger partial charge is 0.283 e. The van der Waals surface area contributed by atoms with Crippen molar-refractivity contribution in [1.82, 2.24) is 10.3 Å². The van der Waals surface area contributed by atoms with E-state index in [1.807, 2.05) is 24.4 Å². The van der Waals surface area contributed by atoms with E-state index < -0.39 is 10.8 Å². The fourth-order valence-electron chi connectivity index (χ4n) is 2.75. The molecule has 0 unspecified atom stereocenters. The number of methoxy groups -OCH3 is 1. The van der Waals surface area contributed by atoms with Crippen LogP contribution in [0.3, 0.4) is 0 Å². The molecule has 0 aliphatic heterocycles. The van der Waals surface area contributed by atoms with Crippen LogP contribution in [0.5, 0.6) is 5.75 Å². The molecular weight excluding hydrogens is 358 g/mol. The van der Waals surface area contributed by atoms with Crippen molar-refractivity contribution in [3.05, 3.63) is 68.9 Å². The van der Waals surface area contributed by atoms with Gasteiger partial charge in [0.05, 0.1) is 12.0 Å². The van der Waals surface area contributed by atoms with Crippen molar-refractivity contribution < 1.29 is 14.5 Å². The summed E-state index contributed by atoms with van der Waals surface area (Å²) in [6, 6.07) is 9.69. The van der Waals surface area contributed by atoms with Crippen LogP contribution in [0.1, 0.15) is 15.9 Å². The molecule has 8 heteroatoms. The van der Waals surface area contributed by atoms with Gasteiger partial charge in [-0.1, -0.05) is 11.6 Å². The van der Waals surface area contributed by atoms with Gasteiger partial charge in [0.25, 0.3) is 11.6 Å². The number of nitrogens with one attached hydrogen (secondary N) is 2. The Morgan fingerprint density at radius 3 is 2.85 bits per heavy atom. The molecule has 0 atom stereocenters. The van der Waals surface area contributed by atoms with E-state index in [1.165, 1.54) is 18.2 Å². The molecule has 7 nitrogen and oxygen atoms in total. The Bertz CT molecular complexity index is 984. The highest BCUT2D eigenvalue weighted by Crippen LogP contribution is 2.25. The summed E-state index contributed by atoms with van der Waals surface area (Å²) in [7, 11) is 1.60. The lowest BCUT2D eigenvalue weighted by Crippen LogP contribution is -2.26. The number of aromatic nitrogens is 1. The van der Waals surface area contributed by atoms with Crippen molar-refractivity contribution in [3.63, 3.8) is 0 Å². The van der Waals surface area contributed by atoms with Gasteiger partial charge < -0.3 is 15.0 Å². The minimum atomic E-state index is -0.618. The first-order chi connectivity index (χ1) is 12.5. The average Bonchev–Trinajstić information content (AvgIpc) is 3.03. The zero-order valence-corrected chi connectivity index (χ0v) is 14.7. The molecule has 0 bridgehead atoms. The fraction of sp³-hybridized carbons (Fsp3) is 0.167. The Morgan fingerprint density at radius 2 is 2.12 bits per heavy atom. The monoisotopic (exact) mass is 373 g/mol. The van der Waals surface area contributed by atoms with Crippen molar-refractivity contribution in [1.29, 1.82) is 0 Å². The third-order valence-corrected chi connectivity index (χ3v) is 4.29. The normalized spacial score (nSPS) is 10.7. The van der Waals surface area contributed by atoms with Crippen LogP contribution in [0.25, 0.3) is 10.9 Å². The number of rotatable bonds is 6. The minimum absolute atomic E-state index is 0.0139. The highest BCUT2D eigenvalue weighted by molar-refractivity contribution is 6.31. The maximum atomic E-state index is 12.3. The second-order valence-corrected chi connectivity index (χ2v) is 6.09. The summed E-state index contributed by atoms with van der Waals surface area (Å²) in [5.74, 6) is 0.241. The molecule has 0 fully saturated rings. The van der Waals surface area contributed by atoms with Gasteiger partial charge in [-0.05, 0) is 42.3 Å². The number of hydrogen-bond donors (Lipinski definition) is 2. The van der Waals surface area contributed by atoms with E-state index in [4.69, 9.17) is 16.3 Å². The number of H-pyrrole nitrogens is 1. The van der Waals surface area contributed by atoms with E-state index in [0.717, 1.165) is 22.2 Å². The number of nitro benzene ring substituents is 1. The number of benzene rings is 2. The van der Waals surface area contributed by atoms with Crippen molar-refractivity contribution in [2.45, 2.75) is 6.42 Å². The highest BCUT2D eigenvalue weighted by Gasteiger charge is 2.20. The summed E-state index contributed by atoms with van der Waals surface area (Å²) in [6.07, 6.45) is 2.45.